The topological polar surface area (TPSA) is 24.8 Å². The fourth-order valence-electron chi connectivity index (χ4n) is 1.87. The second-order valence-electron chi connectivity index (χ2n) is 4.25. The first-order valence-corrected chi connectivity index (χ1v) is 7.64. The minimum absolute atomic E-state index is 0.343. The molecule has 0 heterocycles. The van der Waals surface area contributed by atoms with Crippen molar-refractivity contribution in [1.29, 1.82) is 0 Å². The third-order valence-electron chi connectivity index (χ3n) is 3.09. The molecule has 0 amide bonds. The molecular formula is C16H34N2O. The smallest absolute Gasteiger partial charge is 0.0515 e. The SMILES string of the molecule is C=NN(/C(CC)=C(\C)CC)C(C)CCOCC.CC. The van der Waals surface area contributed by atoms with Gasteiger partial charge in [-0.15, -0.1) is 0 Å². The van der Waals surface area contributed by atoms with Crippen LogP contribution in [-0.4, -0.2) is 31.0 Å². The lowest BCUT2D eigenvalue weighted by atomic mass is 10.1. The standard InChI is InChI=1S/C14H28N2O.C2H6/c1-7-12(4)14(8-2)16(15-6)13(5)10-11-17-9-3;1-2/h13H,6-11H2,1-5H3;1-2H3/b14-12+;. The first kappa shape index (κ1) is 20.5. The van der Waals surface area contributed by atoms with Gasteiger partial charge in [-0.25, -0.2) is 0 Å². The van der Waals surface area contributed by atoms with Crippen LogP contribution in [0.15, 0.2) is 16.4 Å². The number of hydrogen-bond acceptors (Lipinski definition) is 3. The van der Waals surface area contributed by atoms with Gasteiger partial charge in [-0.3, -0.25) is 5.01 Å². The molecule has 1 unspecified atom stereocenters. The summed E-state index contributed by atoms with van der Waals surface area (Å²) >= 11 is 0. The van der Waals surface area contributed by atoms with E-state index in [-0.39, 0.29) is 0 Å². The zero-order valence-corrected chi connectivity index (χ0v) is 14.1. The van der Waals surface area contributed by atoms with Crippen LogP contribution < -0.4 is 0 Å². The van der Waals surface area contributed by atoms with Gasteiger partial charge in [0.25, 0.3) is 0 Å². The van der Waals surface area contributed by atoms with Crippen molar-refractivity contribution >= 4 is 6.72 Å². The second-order valence-corrected chi connectivity index (χ2v) is 4.25. The Balaban J connectivity index is 0. The van der Waals surface area contributed by atoms with Gasteiger partial charge in [0.2, 0.25) is 0 Å². The van der Waals surface area contributed by atoms with Gasteiger partial charge >= 0.3 is 0 Å². The van der Waals surface area contributed by atoms with Crippen molar-refractivity contribution in [2.75, 3.05) is 13.2 Å². The van der Waals surface area contributed by atoms with Crippen LogP contribution in [0.1, 0.15) is 67.7 Å². The van der Waals surface area contributed by atoms with Gasteiger partial charge in [0.15, 0.2) is 0 Å². The summed E-state index contributed by atoms with van der Waals surface area (Å²) in [4.78, 5) is 0. The fraction of sp³-hybridized carbons (Fsp3) is 0.812. The Labute approximate surface area is 120 Å². The Bertz CT molecular complexity index is 249. The number of hydrogen-bond donors (Lipinski definition) is 0. The van der Waals surface area contributed by atoms with Crippen LogP contribution >= 0.6 is 0 Å². The first-order valence-electron chi connectivity index (χ1n) is 7.64. The minimum atomic E-state index is 0.343. The van der Waals surface area contributed by atoms with Crippen LogP contribution in [0, 0.1) is 0 Å². The molecule has 3 nitrogen and oxygen atoms in total. The Hall–Kier alpha value is -0.830. The molecule has 0 aromatic carbocycles. The summed E-state index contributed by atoms with van der Waals surface area (Å²) in [7, 11) is 0. The second kappa shape index (κ2) is 13.6. The van der Waals surface area contributed by atoms with Crippen molar-refractivity contribution in [3.63, 3.8) is 0 Å². The van der Waals surface area contributed by atoms with Crippen LogP contribution in [0.3, 0.4) is 0 Å². The number of nitrogens with zero attached hydrogens (tertiary/aromatic N) is 2. The van der Waals surface area contributed by atoms with Crippen LogP contribution in [0.4, 0.5) is 0 Å². The molecule has 0 saturated heterocycles. The molecular weight excluding hydrogens is 236 g/mol. The van der Waals surface area contributed by atoms with Gasteiger partial charge in [-0.1, -0.05) is 33.3 Å². The van der Waals surface area contributed by atoms with Crippen molar-refractivity contribution in [2.45, 2.75) is 73.8 Å². The van der Waals surface area contributed by atoms with Gasteiger partial charge < -0.3 is 4.74 Å². The van der Waals surface area contributed by atoms with Gasteiger partial charge in [0, 0.05) is 25.6 Å². The summed E-state index contributed by atoms with van der Waals surface area (Å²) < 4.78 is 5.39. The maximum atomic E-state index is 5.39. The third kappa shape index (κ3) is 8.04. The largest absolute Gasteiger partial charge is 0.382 e. The van der Waals surface area contributed by atoms with E-state index in [2.05, 4.69) is 44.5 Å². The van der Waals surface area contributed by atoms with Crippen molar-refractivity contribution in [3.05, 3.63) is 11.3 Å². The van der Waals surface area contributed by atoms with Crippen molar-refractivity contribution in [1.82, 2.24) is 5.01 Å². The lowest BCUT2D eigenvalue weighted by Gasteiger charge is -2.29. The summed E-state index contributed by atoms with van der Waals surface area (Å²) in [6.07, 6.45) is 3.04. The van der Waals surface area contributed by atoms with Crippen LogP contribution in [0.25, 0.3) is 0 Å². The quantitative estimate of drug-likeness (QED) is 0.340. The summed E-state index contributed by atoms with van der Waals surface area (Å²) in [5.74, 6) is 0. The lowest BCUT2D eigenvalue weighted by Crippen LogP contribution is -2.29. The Morgan fingerprint density at radius 2 is 1.79 bits per heavy atom. The minimum Gasteiger partial charge on any atom is -0.382 e. The van der Waals surface area contributed by atoms with Crippen LogP contribution in [-0.2, 0) is 4.74 Å². The molecule has 1 atom stereocenters. The number of rotatable bonds is 9. The Kier molecular flexibility index (Phi) is 14.7. The van der Waals surface area contributed by atoms with E-state index >= 15 is 0 Å². The molecule has 114 valence electrons. The molecule has 0 N–H and O–H groups in total. The normalized spacial score (nSPS) is 13.0. The van der Waals surface area contributed by atoms with Crippen LogP contribution in [0.2, 0.25) is 0 Å². The lowest BCUT2D eigenvalue weighted by molar-refractivity contribution is 0.120. The predicted octanol–water partition coefficient (Wildman–Crippen LogP) is 4.84. The molecule has 0 saturated carbocycles. The molecule has 0 rings (SSSR count). The number of allylic oxidation sites excluding steroid dienone is 2. The zero-order valence-electron chi connectivity index (χ0n) is 14.1. The molecule has 19 heavy (non-hydrogen) atoms. The Morgan fingerprint density at radius 1 is 1.21 bits per heavy atom. The van der Waals surface area contributed by atoms with E-state index in [9.17, 15) is 0 Å². The van der Waals surface area contributed by atoms with E-state index in [4.69, 9.17) is 4.74 Å². The maximum Gasteiger partial charge on any atom is 0.0515 e. The summed E-state index contributed by atoms with van der Waals surface area (Å²) in [6, 6.07) is 0.343. The average molecular weight is 270 g/mol. The molecule has 0 radical (unpaired) electrons. The van der Waals surface area contributed by atoms with Crippen molar-refractivity contribution in [2.24, 2.45) is 5.10 Å². The van der Waals surface area contributed by atoms with E-state index in [1.165, 1.54) is 11.3 Å². The number of ether oxygens (including phenoxy) is 1. The summed E-state index contributed by atoms with van der Waals surface area (Å²) in [5, 5.41) is 6.23. The molecule has 0 fully saturated rings. The highest BCUT2D eigenvalue weighted by atomic mass is 16.5. The highest BCUT2D eigenvalue weighted by molar-refractivity contribution is 5.24. The van der Waals surface area contributed by atoms with Crippen molar-refractivity contribution < 1.29 is 4.74 Å². The first-order chi connectivity index (χ1) is 9.12. The molecule has 0 aliphatic carbocycles. The van der Waals surface area contributed by atoms with Crippen molar-refractivity contribution in [3.8, 4) is 0 Å². The van der Waals surface area contributed by atoms with Gasteiger partial charge in [-0.2, -0.15) is 5.10 Å². The van der Waals surface area contributed by atoms with E-state index in [1.54, 1.807) is 0 Å². The maximum absolute atomic E-state index is 5.39. The highest BCUT2D eigenvalue weighted by Gasteiger charge is 2.15. The van der Waals surface area contributed by atoms with Gasteiger partial charge in [0.05, 0.1) is 6.04 Å². The van der Waals surface area contributed by atoms with E-state index in [0.29, 0.717) is 6.04 Å². The van der Waals surface area contributed by atoms with Gasteiger partial charge in [-0.05, 0) is 40.0 Å². The van der Waals surface area contributed by atoms with E-state index in [0.717, 1.165) is 32.5 Å². The average Bonchev–Trinajstić information content (AvgIpc) is 2.45. The predicted molar refractivity (Wildman–Crippen MR) is 86.6 cm³/mol. The summed E-state index contributed by atoms with van der Waals surface area (Å²) in [5.41, 5.74) is 2.69. The van der Waals surface area contributed by atoms with Crippen LogP contribution in [0.5, 0.6) is 0 Å². The fourth-order valence-corrected chi connectivity index (χ4v) is 1.87. The monoisotopic (exact) mass is 270 g/mol. The molecule has 3 heteroatoms. The molecule has 0 spiro atoms. The zero-order chi connectivity index (χ0) is 15.3. The summed E-state index contributed by atoms with van der Waals surface area (Å²) in [6.45, 7) is 20.0. The number of hydrazone groups is 1. The van der Waals surface area contributed by atoms with Gasteiger partial charge in [0.1, 0.15) is 0 Å². The Morgan fingerprint density at radius 3 is 2.16 bits per heavy atom. The molecule has 0 aromatic heterocycles. The third-order valence-corrected chi connectivity index (χ3v) is 3.09. The highest BCUT2D eigenvalue weighted by Crippen LogP contribution is 2.21. The molecule has 0 bridgehead atoms. The molecule has 0 aliphatic heterocycles. The van der Waals surface area contributed by atoms with E-state index in [1.807, 2.05) is 20.8 Å². The molecule has 0 aliphatic rings. The molecule has 0 aromatic rings. The van der Waals surface area contributed by atoms with E-state index < -0.39 is 0 Å².